The van der Waals surface area contributed by atoms with E-state index in [4.69, 9.17) is 4.74 Å². The summed E-state index contributed by atoms with van der Waals surface area (Å²) in [5, 5.41) is 0. The van der Waals surface area contributed by atoms with E-state index in [9.17, 15) is 0 Å². The van der Waals surface area contributed by atoms with Crippen molar-refractivity contribution in [2.24, 2.45) is 0 Å². The van der Waals surface area contributed by atoms with E-state index in [2.05, 4.69) is 164 Å². The van der Waals surface area contributed by atoms with Crippen LogP contribution in [0.1, 0.15) is 47.2 Å². The first-order valence-electron chi connectivity index (χ1n) is 15.4. The van der Waals surface area contributed by atoms with Gasteiger partial charge in [0.1, 0.15) is 0 Å². The molecule has 1 spiro atoms. The Hall–Kier alpha value is -5.34. The molecule has 0 saturated carbocycles. The fourth-order valence-corrected chi connectivity index (χ4v) is 7.87. The predicted molar refractivity (Wildman–Crippen MR) is 181 cm³/mol. The summed E-state index contributed by atoms with van der Waals surface area (Å²) in [4.78, 5) is 2.39. The van der Waals surface area contributed by atoms with Crippen LogP contribution in [0.2, 0.25) is 0 Å². The van der Waals surface area contributed by atoms with Crippen LogP contribution in [0.25, 0.3) is 28.3 Å². The van der Waals surface area contributed by atoms with Crippen molar-refractivity contribution in [3.63, 3.8) is 0 Å². The molecule has 0 fully saturated rings. The monoisotopic (exact) mass is 565 g/mol. The number of nitrogens with zero attached hydrogens (tertiary/aromatic N) is 1. The molecular formula is C42H31NO. The van der Waals surface area contributed by atoms with Crippen LogP contribution in [0.5, 0.6) is 0 Å². The Kier molecular flexibility index (Phi) is 5.20. The van der Waals surface area contributed by atoms with Crippen molar-refractivity contribution in [3.8, 4) is 22.3 Å². The van der Waals surface area contributed by atoms with Crippen LogP contribution in [0.4, 0.5) is 17.1 Å². The van der Waals surface area contributed by atoms with E-state index in [0.717, 1.165) is 22.6 Å². The molecule has 6 aromatic carbocycles. The maximum atomic E-state index is 6.78. The van der Waals surface area contributed by atoms with E-state index in [-0.39, 0.29) is 5.41 Å². The molecule has 0 bridgehead atoms. The molecule has 0 saturated heterocycles. The van der Waals surface area contributed by atoms with Crippen molar-refractivity contribution >= 4 is 23.1 Å². The van der Waals surface area contributed by atoms with Gasteiger partial charge in [-0.15, -0.1) is 0 Å². The van der Waals surface area contributed by atoms with Crippen molar-refractivity contribution in [1.29, 1.82) is 0 Å². The Bertz CT molecular complexity index is 2090. The van der Waals surface area contributed by atoms with Crippen LogP contribution >= 0.6 is 0 Å². The highest BCUT2D eigenvalue weighted by molar-refractivity contribution is 5.88. The van der Waals surface area contributed by atoms with Crippen molar-refractivity contribution in [2.75, 3.05) is 4.90 Å². The third-order valence-corrected chi connectivity index (χ3v) is 9.91. The summed E-state index contributed by atoms with van der Waals surface area (Å²) in [5.74, 6) is 0. The maximum Gasteiger partial charge on any atom is 0.185 e. The number of hydrogen-bond acceptors (Lipinski definition) is 2. The number of para-hydroxylation sites is 1. The third-order valence-electron chi connectivity index (χ3n) is 9.91. The molecule has 2 nitrogen and oxygen atoms in total. The van der Waals surface area contributed by atoms with E-state index >= 15 is 0 Å². The second kappa shape index (κ2) is 9.08. The van der Waals surface area contributed by atoms with Gasteiger partial charge in [0.05, 0.1) is 6.26 Å². The molecular weight excluding hydrogens is 534 g/mol. The Morgan fingerprint density at radius 1 is 0.455 bits per heavy atom. The van der Waals surface area contributed by atoms with Crippen LogP contribution in [0.15, 0.2) is 146 Å². The highest BCUT2D eigenvalue weighted by atomic mass is 16.5. The molecule has 3 aliphatic rings. The average Bonchev–Trinajstić information content (AvgIpc) is 3.48. The molecule has 1 aliphatic heterocycles. The molecule has 0 aromatic heterocycles. The third kappa shape index (κ3) is 3.31. The second-order valence-corrected chi connectivity index (χ2v) is 12.5. The minimum Gasteiger partial charge on any atom is -0.481 e. The van der Waals surface area contributed by atoms with E-state index in [1.165, 1.54) is 50.1 Å². The molecule has 2 aliphatic carbocycles. The number of hydrogen-bond donors (Lipinski definition) is 0. The Morgan fingerprint density at radius 2 is 0.977 bits per heavy atom. The summed E-state index contributed by atoms with van der Waals surface area (Å²) >= 11 is 0. The lowest BCUT2D eigenvalue weighted by atomic mass is 9.80. The number of anilines is 3. The molecule has 210 valence electrons. The van der Waals surface area contributed by atoms with E-state index in [1.54, 1.807) is 0 Å². The van der Waals surface area contributed by atoms with Gasteiger partial charge in [-0.2, -0.15) is 0 Å². The fourth-order valence-electron chi connectivity index (χ4n) is 7.87. The molecule has 0 atom stereocenters. The molecule has 6 aromatic rings. The van der Waals surface area contributed by atoms with Gasteiger partial charge in [-0.05, 0) is 81.4 Å². The smallest absolute Gasteiger partial charge is 0.185 e. The minimum atomic E-state index is -0.711. The SMILES string of the molecule is CC1(C)c2ccccc2-c2ccc(N(c3ccccc3)c3ccc4c(c3)C3(OC=C4)c4ccccc4-c4ccccc43)cc21. The number of benzene rings is 6. The van der Waals surface area contributed by atoms with Crippen molar-refractivity contribution in [2.45, 2.75) is 24.9 Å². The van der Waals surface area contributed by atoms with Crippen LogP contribution in [0, 0.1) is 0 Å². The molecule has 0 unspecified atom stereocenters. The lowest BCUT2D eigenvalue weighted by Crippen LogP contribution is -2.31. The first kappa shape index (κ1) is 25.2. The van der Waals surface area contributed by atoms with Crippen molar-refractivity contribution in [3.05, 3.63) is 179 Å². The van der Waals surface area contributed by atoms with Gasteiger partial charge in [-0.25, -0.2) is 0 Å². The highest BCUT2D eigenvalue weighted by Crippen LogP contribution is 2.56. The minimum absolute atomic E-state index is 0.0832. The Labute approximate surface area is 258 Å². The van der Waals surface area contributed by atoms with Crippen LogP contribution in [-0.4, -0.2) is 0 Å². The molecule has 0 N–H and O–H groups in total. The zero-order valence-corrected chi connectivity index (χ0v) is 24.8. The fraction of sp³-hybridized carbons (Fsp3) is 0.0952. The predicted octanol–water partition coefficient (Wildman–Crippen LogP) is 10.7. The first-order valence-corrected chi connectivity index (χ1v) is 15.4. The molecule has 1 heterocycles. The lowest BCUT2D eigenvalue weighted by molar-refractivity contribution is 0.100. The van der Waals surface area contributed by atoms with E-state index in [0.29, 0.717) is 0 Å². The average molecular weight is 566 g/mol. The molecule has 44 heavy (non-hydrogen) atoms. The van der Waals surface area contributed by atoms with Gasteiger partial charge < -0.3 is 9.64 Å². The van der Waals surface area contributed by atoms with E-state index < -0.39 is 5.60 Å². The quantitative estimate of drug-likeness (QED) is 0.212. The largest absolute Gasteiger partial charge is 0.481 e. The summed E-state index contributed by atoms with van der Waals surface area (Å²) in [5.41, 5.74) is 15.1. The summed E-state index contributed by atoms with van der Waals surface area (Å²) in [7, 11) is 0. The first-order chi connectivity index (χ1) is 21.6. The van der Waals surface area contributed by atoms with Gasteiger partial charge in [0, 0.05) is 39.2 Å². The zero-order chi connectivity index (χ0) is 29.5. The molecule has 0 amide bonds. The van der Waals surface area contributed by atoms with Crippen molar-refractivity contribution in [1.82, 2.24) is 0 Å². The summed E-state index contributed by atoms with van der Waals surface area (Å²) in [6.07, 6.45) is 3.96. The van der Waals surface area contributed by atoms with Gasteiger partial charge in [0.2, 0.25) is 0 Å². The van der Waals surface area contributed by atoms with Crippen LogP contribution in [-0.2, 0) is 15.8 Å². The standard InChI is InChI=1S/C42H31NO/c1-41(2)36-17-9-6-14-32(36)35-23-22-31(27-40(35)41)43(29-12-4-3-5-13-29)30-21-20-28-24-25-44-42(39(28)26-30)37-18-10-7-15-33(37)34-16-8-11-19-38(34)42/h3-27H,1-2H3. The topological polar surface area (TPSA) is 12.5 Å². The summed E-state index contributed by atoms with van der Waals surface area (Å²) < 4.78 is 6.78. The maximum absolute atomic E-state index is 6.78. The highest BCUT2D eigenvalue weighted by Gasteiger charge is 2.48. The van der Waals surface area contributed by atoms with Gasteiger partial charge in [-0.1, -0.05) is 117 Å². The van der Waals surface area contributed by atoms with Crippen LogP contribution in [0.3, 0.4) is 0 Å². The number of ether oxygens (including phenoxy) is 1. The zero-order valence-electron chi connectivity index (χ0n) is 24.8. The molecule has 2 heteroatoms. The van der Waals surface area contributed by atoms with Gasteiger partial charge in [-0.3, -0.25) is 0 Å². The normalized spacial score (nSPS) is 15.5. The second-order valence-electron chi connectivity index (χ2n) is 12.5. The van der Waals surface area contributed by atoms with E-state index in [1.807, 2.05) is 6.26 Å². The van der Waals surface area contributed by atoms with Crippen LogP contribution < -0.4 is 4.90 Å². The van der Waals surface area contributed by atoms with Gasteiger partial charge in [0.15, 0.2) is 5.60 Å². The number of fused-ring (bicyclic) bond motifs is 10. The molecule has 9 rings (SSSR count). The Balaban J connectivity index is 1.26. The Morgan fingerprint density at radius 3 is 1.66 bits per heavy atom. The molecule has 0 radical (unpaired) electrons. The summed E-state index contributed by atoms with van der Waals surface area (Å²) in [6.45, 7) is 4.69. The van der Waals surface area contributed by atoms with Gasteiger partial charge in [0.25, 0.3) is 0 Å². The lowest BCUT2D eigenvalue weighted by Gasteiger charge is -2.37. The summed E-state index contributed by atoms with van der Waals surface area (Å²) in [6, 6.07) is 50.7. The van der Waals surface area contributed by atoms with Gasteiger partial charge >= 0.3 is 0 Å². The van der Waals surface area contributed by atoms with Crippen molar-refractivity contribution < 1.29 is 4.74 Å². The number of rotatable bonds is 3.